The molecule has 0 fully saturated rings. The van der Waals surface area contributed by atoms with Crippen LogP contribution < -0.4 is 0 Å². The smallest absolute Gasteiger partial charge is 0.167 e. The summed E-state index contributed by atoms with van der Waals surface area (Å²) in [6.45, 7) is 4.25. The van der Waals surface area contributed by atoms with Crippen LogP contribution in [0.15, 0.2) is 18.2 Å². The van der Waals surface area contributed by atoms with E-state index in [0.29, 0.717) is 5.92 Å². The Morgan fingerprint density at radius 1 is 0.852 bits per heavy atom. The lowest BCUT2D eigenvalue weighted by atomic mass is 9.87. The van der Waals surface area contributed by atoms with E-state index in [0.717, 1.165) is 37.7 Å². The molecule has 0 amide bonds. The summed E-state index contributed by atoms with van der Waals surface area (Å²) < 4.78 is 37.7. The number of benzene rings is 1. The molecule has 0 radical (unpaired) electrons. The van der Waals surface area contributed by atoms with Crippen LogP contribution >= 0.6 is 0 Å². The highest BCUT2D eigenvalue weighted by Crippen LogP contribution is 2.32. The van der Waals surface area contributed by atoms with Gasteiger partial charge in [-0.2, -0.15) is 0 Å². The molecule has 156 valence electrons. The molecule has 0 aromatic heterocycles. The van der Waals surface area contributed by atoms with E-state index in [1.807, 2.05) is 6.92 Å². The van der Waals surface area contributed by atoms with E-state index in [1.54, 1.807) is 20.3 Å². The highest BCUT2D eigenvalue weighted by molar-refractivity contribution is 5.17. The Hall–Kier alpha value is -1.00. The standard InChI is InChI=1S/C23H38F2O2/c1-5-6-7-8-9-10-14-20(23(2,26-3)27-4)15-12-11-13-19-16-17-21(24)22(25)18-19/h16-18,20H,5-15H2,1-4H3. The lowest BCUT2D eigenvalue weighted by molar-refractivity contribution is -0.230. The lowest BCUT2D eigenvalue weighted by Gasteiger charge is -2.35. The van der Waals surface area contributed by atoms with E-state index in [9.17, 15) is 8.78 Å². The summed E-state index contributed by atoms with van der Waals surface area (Å²) in [7, 11) is 3.41. The van der Waals surface area contributed by atoms with Crippen molar-refractivity contribution in [2.45, 2.75) is 90.3 Å². The molecule has 1 rings (SSSR count). The van der Waals surface area contributed by atoms with Gasteiger partial charge in [0.25, 0.3) is 0 Å². The van der Waals surface area contributed by atoms with E-state index in [1.165, 1.54) is 50.7 Å². The zero-order chi connectivity index (χ0) is 20.1. The van der Waals surface area contributed by atoms with Gasteiger partial charge < -0.3 is 9.47 Å². The maximum absolute atomic E-state index is 13.3. The van der Waals surface area contributed by atoms with Crippen LogP contribution in [-0.2, 0) is 15.9 Å². The summed E-state index contributed by atoms with van der Waals surface area (Å²) >= 11 is 0. The fourth-order valence-electron chi connectivity index (χ4n) is 3.67. The molecule has 2 nitrogen and oxygen atoms in total. The zero-order valence-electron chi connectivity index (χ0n) is 17.7. The molecule has 0 heterocycles. The highest BCUT2D eigenvalue weighted by atomic mass is 19.2. The number of methoxy groups -OCH3 is 2. The van der Waals surface area contributed by atoms with Gasteiger partial charge in [0.1, 0.15) is 0 Å². The predicted octanol–water partition coefficient (Wildman–Crippen LogP) is 7.05. The third kappa shape index (κ3) is 8.69. The Labute approximate surface area is 164 Å². The van der Waals surface area contributed by atoms with Crippen molar-refractivity contribution in [2.24, 2.45) is 5.92 Å². The monoisotopic (exact) mass is 384 g/mol. The van der Waals surface area contributed by atoms with Crippen molar-refractivity contribution < 1.29 is 18.3 Å². The number of ether oxygens (including phenoxy) is 2. The van der Waals surface area contributed by atoms with Crippen molar-refractivity contribution in [1.29, 1.82) is 0 Å². The van der Waals surface area contributed by atoms with Gasteiger partial charge in [-0.25, -0.2) is 8.78 Å². The van der Waals surface area contributed by atoms with Crippen molar-refractivity contribution in [3.63, 3.8) is 0 Å². The topological polar surface area (TPSA) is 18.5 Å². The van der Waals surface area contributed by atoms with E-state index in [2.05, 4.69) is 6.92 Å². The van der Waals surface area contributed by atoms with Crippen LogP contribution in [0.2, 0.25) is 0 Å². The molecule has 0 spiro atoms. The minimum Gasteiger partial charge on any atom is -0.353 e. The largest absolute Gasteiger partial charge is 0.353 e. The van der Waals surface area contributed by atoms with Crippen molar-refractivity contribution in [3.8, 4) is 0 Å². The van der Waals surface area contributed by atoms with Gasteiger partial charge in [-0.15, -0.1) is 0 Å². The van der Waals surface area contributed by atoms with Crippen LogP contribution in [0.3, 0.4) is 0 Å². The molecule has 0 aliphatic rings. The summed E-state index contributed by atoms with van der Waals surface area (Å²) in [5, 5.41) is 0. The third-order valence-corrected chi connectivity index (χ3v) is 5.71. The van der Waals surface area contributed by atoms with E-state index in [-0.39, 0.29) is 0 Å². The lowest BCUT2D eigenvalue weighted by Crippen LogP contribution is -2.39. The van der Waals surface area contributed by atoms with Crippen LogP contribution in [-0.4, -0.2) is 20.0 Å². The first kappa shape index (κ1) is 24.0. The second-order valence-electron chi connectivity index (χ2n) is 7.67. The summed E-state index contributed by atoms with van der Waals surface area (Å²) in [6, 6.07) is 4.18. The van der Waals surface area contributed by atoms with Gasteiger partial charge in [-0.3, -0.25) is 0 Å². The summed E-state index contributed by atoms with van der Waals surface area (Å²) in [5.74, 6) is -1.78. The second kappa shape index (κ2) is 13.2. The summed E-state index contributed by atoms with van der Waals surface area (Å²) in [5.41, 5.74) is 0.850. The van der Waals surface area contributed by atoms with Gasteiger partial charge in [0, 0.05) is 20.1 Å². The Morgan fingerprint density at radius 3 is 2.04 bits per heavy atom. The van der Waals surface area contributed by atoms with Crippen LogP contribution in [0.4, 0.5) is 8.78 Å². The number of aryl methyl sites for hydroxylation is 1. The molecule has 1 unspecified atom stereocenters. The molecule has 0 N–H and O–H groups in total. The summed E-state index contributed by atoms with van der Waals surface area (Å²) in [6.07, 6.45) is 12.5. The molecular weight excluding hydrogens is 346 g/mol. The third-order valence-electron chi connectivity index (χ3n) is 5.71. The number of rotatable bonds is 15. The number of halogens is 2. The van der Waals surface area contributed by atoms with Crippen molar-refractivity contribution in [1.82, 2.24) is 0 Å². The molecule has 4 heteroatoms. The van der Waals surface area contributed by atoms with Gasteiger partial charge in [-0.1, -0.05) is 57.9 Å². The number of hydrogen-bond acceptors (Lipinski definition) is 2. The van der Waals surface area contributed by atoms with Gasteiger partial charge in [0.15, 0.2) is 17.4 Å². The first-order valence-corrected chi connectivity index (χ1v) is 10.5. The van der Waals surface area contributed by atoms with Crippen LogP contribution in [0, 0.1) is 17.6 Å². The van der Waals surface area contributed by atoms with E-state index < -0.39 is 17.4 Å². The first-order valence-electron chi connectivity index (χ1n) is 10.5. The predicted molar refractivity (Wildman–Crippen MR) is 108 cm³/mol. The molecule has 1 aromatic rings. The molecule has 0 saturated heterocycles. The molecule has 0 bridgehead atoms. The quantitative estimate of drug-likeness (QED) is 0.238. The Bertz CT molecular complexity index is 515. The minimum atomic E-state index is -0.784. The maximum atomic E-state index is 13.3. The molecule has 1 atom stereocenters. The van der Waals surface area contributed by atoms with Crippen molar-refractivity contribution in [3.05, 3.63) is 35.4 Å². The average Bonchev–Trinajstić information content (AvgIpc) is 2.68. The second-order valence-corrected chi connectivity index (χ2v) is 7.67. The van der Waals surface area contributed by atoms with Gasteiger partial charge in [0.2, 0.25) is 0 Å². The minimum absolute atomic E-state index is 0.337. The Morgan fingerprint density at radius 2 is 1.44 bits per heavy atom. The van der Waals surface area contributed by atoms with E-state index >= 15 is 0 Å². The van der Waals surface area contributed by atoms with Gasteiger partial charge >= 0.3 is 0 Å². The number of unbranched alkanes of at least 4 members (excludes halogenated alkanes) is 6. The molecule has 0 saturated carbocycles. The zero-order valence-corrected chi connectivity index (χ0v) is 17.7. The fraction of sp³-hybridized carbons (Fsp3) is 0.739. The van der Waals surface area contributed by atoms with Crippen molar-refractivity contribution in [2.75, 3.05) is 14.2 Å². The van der Waals surface area contributed by atoms with Gasteiger partial charge in [-0.05, 0) is 50.3 Å². The van der Waals surface area contributed by atoms with Crippen LogP contribution in [0.1, 0.15) is 83.6 Å². The van der Waals surface area contributed by atoms with Crippen molar-refractivity contribution >= 4 is 0 Å². The Balaban J connectivity index is 2.44. The average molecular weight is 385 g/mol. The molecule has 0 aliphatic heterocycles. The van der Waals surface area contributed by atoms with Gasteiger partial charge in [0.05, 0.1) is 0 Å². The SMILES string of the molecule is CCCCCCCCC(CCCCc1ccc(F)c(F)c1)C(C)(OC)OC. The van der Waals surface area contributed by atoms with Crippen LogP contribution in [0.25, 0.3) is 0 Å². The fourth-order valence-corrected chi connectivity index (χ4v) is 3.67. The molecule has 0 aliphatic carbocycles. The van der Waals surface area contributed by atoms with E-state index in [4.69, 9.17) is 9.47 Å². The molecule has 27 heavy (non-hydrogen) atoms. The molecule has 1 aromatic carbocycles. The summed E-state index contributed by atoms with van der Waals surface area (Å²) in [4.78, 5) is 0. The Kier molecular flexibility index (Phi) is 11.8. The first-order chi connectivity index (χ1) is 13.0. The maximum Gasteiger partial charge on any atom is 0.167 e. The highest BCUT2D eigenvalue weighted by Gasteiger charge is 2.33. The normalized spacial score (nSPS) is 13.1. The number of hydrogen-bond donors (Lipinski definition) is 0. The van der Waals surface area contributed by atoms with Crippen LogP contribution in [0.5, 0.6) is 0 Å². The molecular formula is C23H38F2O2.